The Morgan fingerprint density at radius 1 is 0.939 bits per heavy atom. The van der Waals surface area contributed by atoms with Crippen LogP contribution in [0.15, 0.2) is 82.8 Å². The molecule has 1 heterocycles. The number of nitrogens with one attached hydrogen (secondary N) is 1. The van der Waals surface area contributed by atoms with Gasteiger partial charge in [0.2, 0.25) is 10.0 Å². The summed E-state index contributed by atoms with van der Waals surface area (Å²) in [6, 6.07) is 15.3. The molecule has 3 aromatic rings. The maximum absolute atomic E-state index is 13.4. The van der Waals surface area contributed by atoms with E-state index in [4.69, 9.17) is 0 Å². The predicted molar refractivity (Wildman–Crippen MR) is 125 cm³/mol. The third kappa shape index (κ3) is 5.47. The quantitative estimate of drug-likeness (QED) is 0.523. The van der Waals surface area contributed by atoms with Gasteiger partial charge in [-0.25, -0.2) is 21.1 Å². The van der Waals surface area contributed by atoms with E-state index in [0.717, 1.165) is 9.87 Å². The topological polar surface area (TPSA) is 114 Å². The van der Waals surface area contributed by atoms with Gasteiger partial charge in [-0.15, -0.1) is 0 Å². The fourth-order valence-electron chi connectivity index (χ4n) is 3.14. The van der Waals surface area contributed by atoms with E-state index in [1.807, 2.05) is 6.92 Å². The second kappa shape index (κ2) is 9.82. The van der Waals surface area contributed by atoms with Gasteiger partial charge in [-0.2, -0.15) is 0 Å². The third-order valence-corrected chi connectivity index (χ3v) is 9.07. The van der Waals surface area contributed by atoms with Crippen LogP contribution in [0.5, 0.6) is 0 Å². The van der Waals surface area contributed by atoms with Gasteiger partial charge in [-0.1, -0.05) is 23.8 Å². The highest BCUT2D eigenvalue weighted by atomic mass is 32.2. The first-order chi connectivity index (χ1) is 15.5. The number of amides is 1. The van der Waals surface area contributed by atoms with E-state index in [-0.39, 0.29) is 21.9 Å². The van der Waals surface area contributed by atoms with Gasteiger partial charge in [0.05, 0.1) is 9.79 Å². The summed E-state index contributed by atoms with van der Waals surface area (Å²) in [5.74, 6) is -0.517. The number of carbonyl (C=O) groups excluding carboxylic acids is 1. The van der Waals surface area contributed by atoms with Crippen LogP contribution in [0.2, 0.25) is 0 Å². The van der Waals surface area contributed by atoms with Gasteiger partial charge < -0.3 is 5.32 Å². The van der Waals surface area contributed by atoms with E-state index in [1.54, 1.807) is 42.6 Å². The molecule has 0 aliphatic carbocycles. The number of carbonyl (C=O) groups is 1. The molecule has 0 fully saturated rings. The molecule has 0 radical (unpaired) electrons. The average Bonchev–Trinajstić information content (AvgIpc) is 2.80. The lowest BCUT2D eigenvalue weighted by Crippen LogP contribution is -2.32. The van der Waals surface area contributed by atoms with Crippen LogP contribution in [0, 0.1) is 6.92 Å². The Bertz CT molecular complexity index is 1320. The Hall–Kier alpha value is -3.08. The van der Waals surface area contributed by atoms with Gasteiger partial charge in [0.15, 0.2) is 9.84 Å². The van der Waals surface area contributed by atoms with Gasteiger partial charge in [0, 0.05) is 38.6 Å². The van der Waals surface area contributed by atoms with Crippen molar-refractivity contribution in [1.29, 1.82) is 0 Å². The highest BCUT2D eigenvalue weighted by Gasteiger charge is 2.30. The molecule has 1 aromatic heterocycles. The standard InChI is InChI=1S/C23H25N3O5S2/c1-17-6-10-20(11-7-17)32(28,29)22(19-5-4-14-24-15-19)16-25-23(27)18-8-12-21(13-9-18)33(30,31)26(2)3/h4-15,22H,16H2,1-3H3,(H,25,27). The number of benzene rings is 2. The van der Waals surface area contributed by atoms with Gasteiger partial charge in [-0.05, 0) is 55.0 Å². The molecule has 174 valence electrons. The van der Waals surface area contributed by atoms with Gasteiger partial charge in [-0.3, -0.25) is 9.78 Å². The Kier molecular flexibility index (Phi) is 7.31. The van der Waals surface area contributed by atoms with E-state index >= 15 is 0 Å². The molecule has 0 saturated heterocycles. The van der Waals surface area contributed by atoms with Crippen LogP contribution in [-0.2, 0) is 19.9 Å². The van der Waals surface area contributed by atoms with Crippen LogP contribution in [0.3, 0.4) is 0 Å². The number of aromatic nitrogens is 1. The zero-order valence-corrected chi connectivity index (χ0v) is 20.1. The van der Waals surface area contributed by atoms with Gasteiger partial charge in [0.25, 0.3) is 5.91 Å². The molecule has 33 heavy (non-hydrogen) atoms. The summed E-state index contributed by atoms with van der Waals surface area (Å²) in [5, 5.41) is 1.61. The molecule has 2 aromatic carbocycles. The zero-order chi connectivity index (χ0) is 24.2. The molecule has 0 bridgehead atoms. The first kappa shape index (κ1) is 24.6. The second-order valence-corrected chi connectivity index (χ2v) is 11.9. The summed E-state index contributed by atoms with van der Waals surface area (Å²) in [7, 11) is -4.60. The number of nitrogens with zero attached hydrogens (tertiary/aromatic N) is 2. The fraction of sp³-hybridized carbons (Fsp3) is 0.217. The minimum atomic E-state index is -3.82. The molecule has 1 unspecified atom stereocenters. The van der Waals surface area contributed by atoms with Crippen molar-refractivity contribution in [2.45, 2.75) is 22.0 Å². The number of aryl methyl sites for hydroxylation is 1. The molecule has 3 rings (SSSR count). The Morgan fingerprint density at radius 3 is 2.09 bits per heavy atom. The normalized spacial score (nSPS) is 13.0. The van der Waals surface area contributed by atoms with Crippen molar-refractivity contribution in [2.24, 2.45) is 0 Å². The summed E-state index contributed by atoms with van der Waals surface area (Å²) in [5.41, 5.74) is 1.59. The highest BCUT2D eigenvalue weighted by Crippen LogP contribution is 2.28. The lowest BCUT2D eigenvalue weighted by molar-refractivity contribution is 0.0953. The van der Waals surface area contributed by atoms with Crippen LogP contribution in [0.4, 0.5) is 0 Å². The lowest BCUT2D eigenvalue weighted by Gasteiger charge is -2.19. The van der Waals surface area contributed by atoms with E-state index in [9.17, 15) is 21.6 Å². The zero-order valence-electron chi connectivity index (χ0n) is 18.5. The maximum atomic E-state index is 13.4. The Labute approximate surface area is 194 Å². The number of sulfone groups is 1. The first-order valence-corrected chi connectivity index (χ1v) is 13.0. The summed E-state index contributed by atoms with van der Waals surface area (Å²) in [4.78, 5) is 16.9. The molecule has 1 N–H and O–H groups in total. The molecule has 10 heteroatoms. The molecule has 8 nitrogen and oxygen atoms in total. The Balaban J connectivity index is 1.84. The fourth-order valence-corrected chi connectivity index (χ4v) is 5.69. The highest BCUT2D eigenvalue weighted by molar-refractivity contribution is 7.91. The SMILES string of the molecule is Cc1ccc(S(=O)(=O)C(CNC(=O)c2ccc(S(=O)(=O)N(C)C)cc2)c2cccnc2)cc1. The number of hydrogen-bond donors (Lipinski definition) is 1. The molecular formula is C23H25N3O5S2. The largest absolute Gasteiger partial charge is 0.350 e. The predicted octanol–water partition coefficient (Wildman–Crippen LogP) is 2.59. The molecule has 1 amide bonds. The second-order valence-electron chi connectivity index (χ2n) is 7.65. The molecule has 0 saturated carbocycles. The number of pyridine rings is 1. The van der Waals surface area contributed by atoms with Crippen LogP contribution >= 0.6 is 0 Å². The van der Waals surface area contributed by atoms with Crippen molar-refractivity contribution in [3.05, 3.63) is 89.7 Å². The smallest absolute Gasteiger partial charge is 0.251 e. The number of rotatable bonds is 8. The van der Waals surface area contributed by atoms with Crippen LogP contribution in [-0.4, -0.2) is 52.7 Å². The van der Waals surface area contributed by atoms with Crippen LogP contribution in [0.25, 0.3) is 0 Å². The monoisotopic (exact) mass is 487 g/mol. The molecular weight excluding hydrogens is 462 g/mol. The van der Waals surface area contributed by atoms with Gasteiger partial charge in [0.1, 0.15) is 5.25 Å². The molecule has 1 atom stereocenters. The lowest BCUT2D eigenvalue weighted by atomic mass is 10.2. The summed E-state index contributed by atoms with van der Waals surface area (Å²) in [6.45, 7) is 1.68. The Morgan fingerprint density at radius 2 is 1.55 bits per heavy atom. The number of hydrogen-bond acceptors (Lipinski definition) is 6. The first-order valence-electron chi connectivity index (χ1n) is 10.0. The minimum Gasteiger partial charge on any atom is -0.350 e. The molecule has 0 aliphatic heterocycles. The van der Waals surface area contributed by atoms with Crippen LogP contribution < -0.4 is 5.32 Å². The average molecular weight is 488 g/mol. The van der Waals surface area contributed by atoms with E-state index in [0.29, 0.717) is 5.56 Å². The number of sulfonamides is 1. The summed E-state index contributed by atoms with van der Waals surface area (Å²) in [6.07, 6.45) is 3.00. The van der Waals surface area contributed by atoms with Crippen molar-refractivity contribution >= 4 is 25.8 Å². The van der Waals surface area contributed by atoms with E-state index in [1.165, 1.54) is 44.6 Å². The minimum absolute atomic E-state index is 0.0548. The van der Waals surface area contributed by atoms with E-state index < -0.39 is 31.0 Å². The van der Waals surface area contributed by atoms with Crippen molar-refractivity contribution in [1.82, 2.24) is 14.6 Å². The van der Waals surface area contributed by atoms with Crippen molar-refractivity contribution in [3.8, 4) is 0 Å². The molecule has 0 aliphatic rings. The van der Waals surface area contributed by atoms with Crippen LogP contribution in [0.1, 0.15) is 26.7 Å². The molecule has 0 spiro atoms. The maximum Gasteiger partial charge on any atom is 0.251 e. The summed E-state index contributed by atoms with van der Waals surface area (Å²) < 4.78 is 52.2. The third-order valence-electron chi connectivity index (χ3n) is 5.12. The van der Waals surface area contributed by atoms with Crippen molar-refractivity contribution < 1.29 is 21.6 Å². The summed E-state index contributed by atoms with van der Waals surface area (Å²) >= 11 is 0. The van der Waals surface area contributed by atoms with E-state index in [2.05, 4.69) is 10.3 Å². The van der Waals surface area contributed by atoms with Crippen molar-refractivity contribution in [2.75, 3.05) is 20.6 Å². The van der Waals surface area contributed by atoms with Gasteiger partial charge >= 0.3 is 0 Å². The van der Waals surface area contributed by atoms with Crippen molar-refractivity contribution in [3.63, 3.8) is 0 Å².